The molecule has 1 fully saturated rings. The van der Waals surface area contributed by atoms with Gasteiger partial charge in [0.2, 0.25) is 5.91 Å². The molecule has 0 bridgehead atoms. The molecule has 1 aromatic carbocycles. The molecule has 1 aromatic heterocycles. The van der Waals surface area contributed by atoms with Gasteiger partial charge in [0.15, 0.2) is 0 Å². The maximum atomic E-state index is 12.6. The third-order valence-electron chi connectivity index (χ3n) is 4.93. The molecule has 6 heteroatoms. The van der Waals surface area contributed by atoms with E-state index in [9.17, 15) is 9.59 Å². The fraction of sp³-hybridized carbons (Fsp3) is 0.429. The largest absolute Gasteiger partial charge is 0.494 e. The minimum Gasteiger partial charge on any atom is -0.494 e. The second kappa shape index (κ2) is 9.04. The minimum atomic E-state index is -0.0565. The van der Waals surface area contributed by atoms with Crippen LogP contribution in [0.25, 0.3) is 0 Å². The van der Waals surface area contributed by atoms with Crippen molar-refractivity contribution in [3.05, 3.63) is 52.2 Å². The molecular weight excluding hydrogens is 360 g/mol. The summed E-state index contributed by atoms with van der Waals surface area (Å²) in [6.45, 7) is 5.84. The Morgan fingerprint density at radius 1 is 1.22 bits per heavy atom. The fourth-order valence-electron chi connectivity index (χ4n) is 3.33. The standard InChI is InChI=1S/C21H26N2O3S/c1-3-26-18-8-6-16(7-9-18)15(2)22-20(24)17-10-12-23(13-11-17)21(25)19-5-4-14-27-19/h4-9,14-15,17H,3,10-13H2,1-2H3,(H,22,24). The lowest BCUT2D eigenvalue weighted by molar-refractivity contribution is -0.126. The first-order valence-electron chi connectivity index (χ1n) is 9.44. The van der Waals surface area contributed by atoms with Crippen molar-refractivity contribution in [2.45, 2.75) is 32.7 Å². The maximum absolute atomic E-state index is 12.6. The molecule has 1 aliphatic heterocycles. The number of rotatable bonds is 6. The zero-order chi connectivity index (χ0) is 19.2. The molecule has 1 saturated heterocycles. The average molecular weight is 387 g/mol. The van der Waals surface area contributed by atoms with Crippen LogP contribution < -0.4 is 10.1 Å². The quantitative estimate of drug-likeness (QED) is 0.820. The number of likely N-dealkylation sites (tertiary alicyclic amines) is 1. The zero-order valence-electron chi connectivity index (χ0n) is 15.8. The lowest BCUT2D eigenvalue weighted by Gasteiger charge is -2.31. The van der Waals surface area contributed by atoms with Crippen LogP contribution in [0, 0.1) is 5.92 Å². The number of ether oxygens (including phenoxy) is 1. The van der Waals surface area contributed by atoms with Gasteiger partial charge in [0.05, 0.1) is 17.5 Å². The van der Waals surface area contributed by atoms with Crippen molar-refractivity contribution in [2.75, 3.05) is 19.7 Å². The Morgan fingerprint density at radius 3 is 2.52 bits per heavy atom. The van der Waals surface area contributed by atoms with E-state index in [2.05, 4.69) is 5.32 Å². The first kappa shape index (κ1) is 19.4. The van der Waals surface area contributed by atoms with Crippen molar-refractivity contribution in [3.8, 4) is 5.75 Å². The monoisotopic (exact) mass is 386 g/mol. The van der Waals surface area contributed by atoms with Crippen LogP contribution in [0.4, 0.5) is 0 Å². The number of amides is 2. The van der Waals surface area contributed by atoms with E-state index < -0.39 is 0 Å². The summed E-state index contributed by atoms with van der Waals surface area (Å²) >= 11 is 1.46. The van der Waals surface area contributed by atoms with Crippen LogP contribution in [0.3, 0.4) is 0 Å². The van der Waals surface area contributed by atoms with E-state index in [4.69, 9.17) is 4.74 Å². The number of benzene rings is 1. The highest BCUT2D eigenvalue weighted by molar-refractivity contribution is 7.12. The molecule has 0 aliphatic carbocycles. The Labute approximate surface area is 164 Å². The number of piperidine rings is 1. The Bertz CT molecular complexity index is 750. The molecule has 2 heterocycles. The van der Waals surface area contributed by atoms with Gasteiger partial charge in [-0.15, -0.1) is 11.3 Å². The molecule has 1 atom stereocenters. The second-order valence-corrected chi connectivity index (χ2v) is 7.72. The SMILES string of the molecule is CCOc1ccc(C(C)NC(=O)C2CCN(C(=O)c3cccs3)CC2)cc1. The number of carbonyl (C=O) groups is 2. The molecule has 144 valence electrons. The molecule has 3 rings (SSSR count). The number of hydrogen-bond acceptors (Lipinski definition) is 4. The van der Waals surface area contributed by atoms with Gasteiger partial charge in [-0.25, -0.2) is 0 Å². The minimum absolute atomic E-state index is 0.0393. The van der Waals surface area contributed by atoms with Crippen LogP contribution >= 0.6 is 11.3 Å². The molecule has 1 N–H and O–H groups in total. The van der Waals surface area contributed by atoms with Crippen molar-refractivity contribution in [1.82, 2.24) is 10.2 Å². The van der Waals surface area contributed by atoms with E-state index in [0.29, 0.717) is 32.5 Å². The Kier molecular flexibility index (Phi) is 6.50. The first-order valence-corrected chi connectivity index (χ1v) is 10.3. The molecule has 0 radical (unpaired) electrons. The number of nitrogens with zero attached hydrogens (tertiary/aromatic N) is 1. The summed E-state index contributed by atoms with van der Waals surface area (Å²) in [7, 11) is 0. The van der Waals surface area contributed by atoms with Gasteiger partial charge in [-0.1, -0.05) is 18.2 Å². The predicted molar refractivity (Wildman–Crippen MR) is 107 cm³/mol. The Hall–Kier alpha value is -2.34. The van der Waals surface area contributed by atoms with Gasteiger partial charge in [-0.05, 0) is 55.8 Å². The summed E-state index contributed by atoms with van der Waals surface area (Å²) in [4.78, 5) is 27.6. The van der Waals surface area contributed by atoms with Gasteiger partial charge in [0, 0.05) is 19.0 Å². The van der Waals surface area contributed by atoms with Crippen molar-refractivity contribution in [1.29, 1.82) is 0 Å². The highest BCUT2D eigenvalue weighted by atomic mass is 32.1. The van der Waals surface area contributed by atoms with Crippen molar-refractivity contribution in [2.24, 2.45) is 5.92 Å². The van der Waals surface area contributed by atoms with Gasteiger partial charge in [-0.2, -0.15) is 0 Å². The van der Waals surface area contributed by atoms with Crippen molar-refractivity contribution in [3.63, 3.8) is 0 Å². The van der Waals surface area contributed by atoms with E-state index in [-0.39, 0.29) is 23.8 Å². The van der Waals surface area contributed by atoms with E-state index in [1.165, 1.54) is 11.3 Å². The fourth-order valence-corrected chi connectivity index (χ4v) is 4.03. The first-order chi connectivity index (χ1) is 13.1. The van der Waals surface area contributed by atoms with Crippen LogP contribution in [0.5, 0.6) is 5.75 Å². The summed E-state index contributed by atoms with van der Waals surface area (Å²) in [5.74, 6) is 0.941. The topological polar surface area (TPSA) is 58.6 Å². The third-order valence-corrected chi connectivity index (χ3v) is 5.79. The molecule has 2 aromatic rings. The summed E-state index contributed by atoms with van der Waals surface area (Å²) in [5.41, 5.74) is 1.05. The Balaban J connectivity index is 1.49. The molecular formula is C21H26N2O3S. The van der Waals surface area contributed by atoms with Gasteiger partial charge >= 0.3 is 0 Å². The van der Waals surface area contributed by atoms with Gasteiger partial charge in [0.1, 0.15) is 5.75 Å². The van der Waals surface area contributed by atoms with Crippen LogP contribution in [0.1, 0.15) is 48.0 Å². The predicted octanol–water partition coefficient (Wildman–Crippen LogP) is 3.88. The normalized spacial score (nSPS) is 16.0. The van der Waals surface area contributed by atoms with E-state index in [1.807, 2.05) is 60.5 Å². The number of nitrogens with one attached hydrogen (secondary N) is 1. The number of carbonyl (C=O) groups excluding carboxylic acids is 2. The highest BCUT2D eigenvalue weighted by Crippen LogP contribution is 2.23. The lowest BCUT2D eigenvalue weighted by Crippen LogP contribution is -2.43. The van der Waals surface area contributed by atoms with Crippen molar-refractivity contribution < 1.29 is 14.3 Å². The molecule has 1 aliphatic rings. The van der Waals surface area contributed by atoms with Crippen LogP contribution in [0.15, 0.2) is 41.8 Å². The summed E-state index contributed by atoms with van der Waals surface area (Å²) in [6.07, 6.45) is 1.41. The molecule has 5 nitrogen and oxygen atoms in total. The van der Waals surface area contributed by atoms with Gasteiger partial charge < -0.3 is 15.0 Å². The number of hydrogen-bond donors (Lipinski definition) is 1. The second-order valence-electron chi connectivity index (χ2n) is 6.78. The lowest BCUT2D eigenvalue weighted by atomic mass is 9.95. The molecule has 0 saturated carbocycles. The van der Waals surface area contributed by atoms with Crippen LogP contribution in [-0.2, 0) is 4.79 Å². The van der Waals surface area contributed by atoms with E-state index in [0.717, 1.165) is 16.2 Å². The van der Waals surface area contributed by atoms with Crippen LogP contribution in [0.2, 0.25) is 0 Å². The zero-order valence-corrected chi connectivity index (χ0v) is 16.6. The van der Waals surface area contributed by atoms with Crippen molar-refractivity contribution >= 4 is 23.2 Å². The summed E-state index contributed by atoms with van der Waals surface area (Å²) < 4.78 is 5.45. The third kappa shape index (κ3) is 4.89. The molecule has 27 heavy (non-hydrogen) atoms. The molecule has 1 unspecified atom stereocenters. The molecule has 2 amide bonds. The average Bonchev–Trinajstić information content (AvgIpc) is 3.23. The molecule has 0 spiro atoms. The summed E-state index contributed by atoms with van der Waals surface area (Å²) in [6, 6.07) is 11.5. The maximum Gasteiger partial charge on any atom is 0.263 e. The highest BCUT2D eigenvalue weighted by Gasteiger charge is 2.28. The summed E-state index contributed by atoms with van der Waals surface area (Å²) in [5, 5.41) is 5.02. The van der Waals surface area contributed by atoms with Gasteiger partial charge in [-0.3, -0.25) is 9.59 Å². The van der Waals surface area contributed by atoms with E-state index >= 15 is 0 Å². The van der Waals surface area contributed by atoms with E-state index in [1.54, 1.807) is 0 Å². The smallest absolute Gasteiger partial charge is 0.263 e. The van der Waals surface area contributed by atoms with Crippen LogP contribution in [-0.4, -0.2) is 36.4 Å². The Morgan fingerprint density at radius 2 is 1.93 bits per heavy atom. The number of thiophene rings is 1. The van der Waals surface area contributed by atoms with Gasteiger partial charge in [0.25, 0.3) is 5.91 Å².